The van der Waals surface area contributed by atoms with E-state index >= 15 is 0 Å². The molecule has 3 heterocycles. The van der Waals surface area contributed by atoms with Gasteiger partial charge in [-0.15, -0.1) is 0 Å². The van der Waals surface area contributed by atoms with Gasteiger partial charge >= 0.3 is 0 Å². The number of hydrogen-bond donors (Lipinski definition) is 1. The molecule has 1 aliphatic rings. The lowest BCUT2D eigenvalue weighted by Gasteiger charge is -2.13. The van der Waals surface area contributed by atoms with Crippen LogP contribution < -0.4 is 5.32 Å². The van der Waals surface area contributed by atoms with E-state index in [9.17, 15) is 4.39 Å². The zero-order chi connectivity index (χ0) is 15.8. The summed E-state index contributed by atoms with van der Waals surface area (Å²) in [7, 11) is 0. The number of nitrogens with one attached hydrogen (secondary N) is 1. The highest BCUT2D eigenvalue weighted by molar-refractivity contribution is 6.31. The zero-order valence-electron chi connectivity index (χ0n) is 12.3. The number of halogens is 2. The molecular weight excluding hydrogens is 317 g/mol. The molecule has 0 saturated carbocycles. The lowest BCUT2D eigenvalue weighted by atomic mass is 10.2. The molecule has 23 heavy (non-hydrogen) atoms. The van der Waals surface area contributed by atoms with Crippen LogP contribution in [0.3, 0.4) is 0 Å². The van der Waals surface area contributed by atoms with Crippen LogP contribution in [-0.4, -0.2) is 25.9 Å². The first kappa shape index (κ1) is 14.4. The molecular formula is C16H15ClFN5. The Morgan fingerprint density at radius 1 is 1.35 bits per heavy atom. The largest absolute Gasteiger partial charge is 0.325 e. The Morgan fingerprint density at radius 3 is 3.09 bits per heavy atom. The Bertz CT molecular complexity index is 810. The monoisotopic (exact) mass is 331 g/mol. The van der Waals surface area contributed by atoms with Gasteiger partial charge in [-0.1, -0.05) is 17.7 Å². The molecule has 3 aromatic rings. The normalized spacial score (nSPS) is 14.0. The first-order chi connectivity index (χ1) is 11.2. The van der Waals surface area contributed by atoms with Crippen molar-refractivity contribution >= 4 is 11.6 Å². The van der Waals surface area contributed by atoms with E-state index in [2.05, 4.69) is 15.4 Å². The molecule has 0 radical (unpaired) electrons. The van der Waals surface area contributed by atoms with Crippen molar-refractivity contribution in [1.29, 1.82) is 0 Å². The summed E-state index contributed by atoms with van der Waals surface area (Å²) >= 11 is 6.13. The minimum Gasteiger partial charge on any atom is -0.325 e. The SMILES string of the molecule is Fc1cccc(Cl)c1Cn1ccnc1-c1cc2n(n1)CCNC2. The highest BCUT2D eigenvalue weighted by Gasteiger charge is 2.17. The standard InChI is InChI=1S/C16H15ClFN5/c17-13-2-1-3-14(18)12(13)10-22-6-5-20-16(22)15-8-11-9-19-4-7-23(11)21-15/h1-3,5-6,8,19H,4,7,9-10H2. The molecule has 0 amide bonds. The molecule has 1 aromatic carbocycles. The molecule has 0 bridgehead atoms. The van der Waals surface area contributed by atoms with E-state index in [0.717, 1.165) is 31.0 Å². The summed E-state index contributed by atoms with van der Waals surface area (Å²) in [5, 5.41) is 8.34. The summed E-state index contributed by atoms with van der Waals surface area (Å²) in [4.78, 5) is 4.39. The number of rotatable bonds is 3. The van der Waals surface area contributed by atoms with Crippen LogP contribution in [0.25, 0.3) is 11.5 Å². The second-order valence-electron chi connectivity index (χ2n) is 5.50. The van der Waals surface area contributed by atoms with Crippen LogP contribution in [0.5, 0.6) is 0 Å². The van der Waals surface area contributed by atoms with Crippen molar-refractivity contribution in [2.24, 2.45) is 0 Å². The van der Waals surface area contributed by atoms with Gasteiger partial charge in [-0.05, 0) is 18.2 Å². The third-order valence-corrected chi connectivity index (χ3v) is 4.36. The Kier molecular flexibility index (Phi) is 3.63. The van der Waals surface area contributed by atoms with Crippen molar-refractivity contribution in [2.45, 2.75) is 19.6 Å². The molecule has 0 unspecified atom stereocenters. The average molecular weight is 332 g/mol. The van der Waals surface area contributed by atoms with Crippen molar-refractivity contribution in [2.75, 3.05) is 6.54 Å². The summed E-state index contributed by atoms with van der Waals surface area (Å²) in [6.07, 6.45) is 3.51. The van der Waals surface area contributed by atoms with Crippen molar-refractivity contribution in [3.8, 4) is 11.5 Å². The van der Waals surface area contributed by atoms with Crippen molar-refractivity contribution < 1.29 is 4.39 Å². The van der Waals surface area contributed by atoms with E-state index in [1.807, 2.05) is 21.5 Å². The lowest BCUT2D eigenvalue weighted by Crippen LogP contribution is -2.28. The predicted molar refractivity (Wildman–Crippen MR) is 85.7 cm³/mol. The summed E-state index contributed by atoms with van der Waals surface area (Å²) < 4.78 is 17.9. The summed E-state index contributed by atoms with van der Waals surface area (Å²) in [6, 6.07) is 6.73. The Morgan fingerprint density at radius 2 is 2.26 bits per heavy atom. The maximum atomic E-state index is 14.0. The highest BCUT2D eigenvalue weighted by Crippen LogP contribution is 2.24. The molecule has 7 heteroatoms. The Labute approximate surface area is 137 Å². The fourth-order valence-corrected chi connectivity index (χ4v) is 3.05. The fraction of sp³-hybridized carbons (Fsp3) is 0.250. The van der Waals surface area contributed by atoms with Crippen molar-refractivity contribution in [3.63, 3.8) is 0 Å². The van der Waals surface area contributed by atoms with E-state index in [4.69, 9.17) is 11.6 Å². The first-order valence-corrected chi connectivity index (χ1v) is 7.82. The smallest absolute Gasteiger partial charge is 0.160 e. The molecule has 4 rings (SSSR count). The Balaban J connectivity index is 1.70. The number of benzene rings is 1. The summed E-state index contributed by atoms with van der Waals surface area (Å²) in [5.41, 5.74) is 2.38. The first-order valence-electron chi connectivity index (χ1n) is 7.44. The van der Waals surface area contributed by atoms with Gasteiger partial charge in [0.1, 0.15) is 11.5 Å². The number of nitrogens with zero attached hydrogens (tertiary/aromatic N) is 4. The quantitative estimate of drug-likeness (QED) is 0.802. The van der Waals surface area contributed by atoms with Gasteiger partial charge in [0.15, 0.2) is 5.82 Å². The maximum absolute atomic E-state index is 14.0. The van der Waals surface area contributed by atoms with Crippen molar-refractivity contribution in [3.05, 3.63) is 58.8 Å². The second kappa shape index (κ2) is 5.79. The van der Waals surface area contributed by atoms with Crippen LogP contribution in [0.2, 0.25) is 5.02 Å². The molecule has 0 aliphatic carbocycles. The molecule has 5 nitrogen and oxygen atoms in total. The molecule has 118 valence electrons. The van der Waals surface area contributed by atoms with Gasteiger partial charge in [-0.25, -0.2) is 9.37 Å². The van der Waals surface area contributed by atoms with Crippen LogP contribution in [0.15, 0.2) is 36.7 Å². The fourth-order valence-electron chi connectivity index (χ4n) is 2.83. The third-order valence-electron chi connectivity index (χ3n) is 4.00. The van der Waals surface area contributed by atoms with Crippen LogP contribution >= 0.6 is 11.6 Å². The van der Waals surface area contributed by atoms with Gasteiger partial charge in [-0.2, -0.15) is 5.10 Å². The van der Waals surface area contributed by atoms with Gasteiger partial charge < -0.3 is 9.88 Å². The van der Waals surface area contributed by atoms with E-state index in [-0.39, 0.29) is 5.82 Å². The number of fused-ring (bicyclic) bond motifs is 1. The van der Waals surface area contributed by atoms with Gasteiger partial charge in [0.05, 0.1) is 18.8 Å². The lowest BCUT2D eigenvalue weighted by molar-refractivity contribution is 0.476. The minimum absolute atomic E-state index is 0.314. The number of hydrogen-bond acceptors (Lipinski definition) is 3. The molecule has 1 aliphatic heterocycles. The minimum atomic E-state index is -0.314. The molecule has 2 aromatic heterocycles. The van der Waals surface area contributed by atoms with E-state index in [1.165, 1.54) is 6.07 Å². The van der Waals surface area contributed by atoms with Crippen LogP contribution in [0.4, 0.5) is 4.39 Å². The second-order valence-corrected chi connectivity index (χ2v) is 5.91. The Hall–Kier alpha value is -2.18. The number of aromatic nitrogens is 4. The summed E-state index contributed by atoms with van der Waals surface area (Å²) in [6.45, 7) is 2.87. The molecule has 0 atom stereocenters. The topological polar surface area (TPSA) is 47.7 Å². The molecule has 0 fully saturated rings. The molecule has 0 spiro atoms. The predicted octanol–water partition coefficient (Wildman–Crippen LogP) is 2.69. The van der Waals surface area contributed by atoms with Crippen molar-refractivity contribution in [1.82, 2.24) is 24.6 Å². The average Bonchev–Trinajstić information content (AvgIpc) is 3.17. The maximum Gasteiger partial charge on any atom is 0.160 e. The molecule has 0 saturated heterocycles. The van der Waals surface area contributed by atoms with Crippen LogP contribution in [0.1, 0.15) is 11.3 Å². The zero-order valence-corrected chi connectivity index (χ0v) is 13.1. The molecule has 1 N–H and O–H groups in total. The highest BCUT2D eigenvalue weighted by atomic mass is 35.5. The van der Waals surface area contributed by atoms with Gasteiger partial charge in [0, 0.05) is 36.1 Å². The third kappa shape index (κ3) is 2.64. The van der Waals surface area contributed by atoms with E-state index < -0.39 is 0 Å². The van der Waals surface area contributed by atoms with Crippen LogP contribution in [-0.2, 0) is 19.6 Å². The van der Waals surface area contributed by atoms with Gasteiger partial charge in [0.25, 0.3) is 0 Å². The van der Waals surface area contributed by atoms with Crippen LogP contribution in [0, 0.1) is 5.82 Å². The van der Waals surface area contributed by atoms with E-state index in [0.29, 0.717) is 23.0 Å². The van der Waals surface area contributed by atoms with Gasteiger partial charge in [-0.3, -0.25) is 4.68 Å². The van der Waals surface area contributed by atoms with Gasteiger partial charge in [0.2, 0.25) is 0 Å². The van der Waals surface area contributed by atoms with E-state index in [1.54, 1.807) is 18.3 Å². The summed E-state index contributed by atoms with van der Waals surface area (Å²) in [5.74, 6) is 0.400. The number of imidazole rings is 1.